The van der Waals surface area contributed by atoms with Crippen molar-refractivity contribution in [2.24, 2.45) is 0 Å². The summed E-state index contributed by atoms with van der Waals surface area (Å²) in [6, 6.07) is 19.3. The Morgan fingerprint density at radius 2 is 1.55 bits per heavy atom. The minimum atomic E-state index is 0.0389. The van der Waals surface area contributed by atoms with Crippen molar-refractivity contribution in [3.63, 3.8) is 0 Å². The Kier molecular flexibility index (Phi) is 4.18. The molecule has 0 spiro atoms. The summed E-state index contributed by atoms with van der Waals surface area (Å²) in [5, 5.41) is 5.78. The second kappa shape index (κ2) is 6.75. The summed E-state index contributed by atoms with van der Waals surface area (Å²) in [5.74, 6) is 0. The monoisotopic (exact) mass is 395 g/mol. The molecule has 0 unspecified atom stereocenters. The molecule has 0 N–H and O–H groups in total. The molecule has 142 valence electrons. The molecule has 0 aliphatic rings. The highest BCUT2D eigenvalue weighted by atomic mass is 32.1. The Bertz CT molecular complexity index is 1350. The van der Waals surface area contributed by atoms with Gasteiger partial charge in [0.1, 0.15) is 6.33 Å². The van der Waals surface area contributed by atoms with Gasteiger partial charge in [-0.25, -0.2) is 9.97 Å². The summed E-state index contributed by atoms with van der Waals surface area (Å²) < 4.78 is 1.22. The van der Waals surface area contributed by atoms with E-state index in [-0.39, 0.29) is 5.41 Å². The molecule has 0 atom stereocenters. The molecule has 0 radical (unpaired) electrons. The number of hydrogen-bond acceptors (Lipinski definition) is 4. The Morgan fingerprint density at radius 1 is 0.759 bits per heavy atom. The summed E-state index contributed by atoms with van der Waals surface area (Å²) in [5.41, 5.74) is 5.10. The summed E-state index contributed by atoms with van der Waals surface area (Å²) in [4.78, 5) is 13.7. The average Bonchev–Trinajstić information content (AvgIpc) is 3.20. The molecule has 0 amide bonds. The molecule has 0 saturated heterocycles. The fourth-order valence-corrected chi connectivity index (χ4v) is 4.53. The van der Waals surface area contributed by atoms with E-state index in [4.69, 9.17) is 0 Å². The largest absolute Gasteiger partial charge is 0.254 e. The number of aromatic nitrogens is 3. The lowest BCUT2D eigenvalue weighted by Gasteiger charge is -2.22. The van der Waals surface area contributed by atoms with Crippen molar-refractivity contribution in [3.05, 3.63) is 78.1 Å². The third kappa shape index (κ3) is 3.30. The van der Waals surface area contributed by atoms with Gasteiger partial charge in [-0.3, -0.25) is 4.98 Å². The van der Waals surface area contributed by atoms with E-state index in [0.717, 1.165) is 28.0 Å². The number of thiophene rings is 1. The number of pyridine rings is 1. The third-order valence-electron chi connectivity index (χ3n) is 5.23. The van der Waals surface area contributed by atoms with E-state index >= 15 is 0 Å². The molecule has 0 bridgehead atoms. The van der Waals surface area contributed by atoms with E-state index in [9.17, 15) is 0 Å². The fraction of sp³-hybridized carbons (Fsp3) is 0.160. The molecule has 0 saturated carbocycles. The van der Waals surface area contributed by atoms with Gasteiger partial charge >= 0.3 is 0 Å². The lowest BCUT2D eigenvalue weighted by Crippen LogP contribution is -2.12. The van der Waals surface area contributed by atoms with Crippen LogP contribution >= 0.6 is 11.3 Å². The molecule has 0 aliphatic heterocycles. The number of rotatable bonds is 2. The van der Waals surface area contributed by atoms with Crippen LogP contribution in [0, 0.1) is 0 Å². The Hall–Kier alpha value is -3.11. The van der Waals surface area contributed by atoms with Gasteiger partial charge in [-0.05, 0) is 57.5 Å². The minimum absolute atomic E-state index is 0.0389. The summed E-state index contributed by atoms with van der Waals surface area (Å²) in [6.45, 7) is 6.76. The van der Waals surface area contributed by atoms with E-state index in [1.165, 1.54) is 21.0 Å². The molecular weight excluding hydrogens is 374 g/mol. The highest BCUT2D eigenvalue weighted by Gasteiger charge is 2.19. The molecule has 3 nitrogen and oxygen atoms in total. The van der Waals surface area contributed by atoms with Gasteiger partial charge in [0.05, 0.1) is 17.1 Å². The molecule has 5 rings (SSSR count). The van der Waals surface area contributed by atoms with Crippen LogP contribution in [0.3, 0.4) is 0 Å². The predicted octanol–water partition coefficient (Wildman–Crippen LogP) is 6.87. The normalized spacial score (nSPS) is 12.0. The predicted molar refractivity (Wildman–Crippen MR) is 122 cm³/mol. The van der Waals surface area contributed by atoms with Gasteiger partial charge < -0.3 is 0 Å². The van der Waals surface area contributed by atoms with Crippen molar-refractivity contribution in [2.45, 2.75) is 26.2 Å². The van der Waals surface area contributed by atoms with Crippen LogP contribution in [0.1, 0.15) is 26.3 Å². The maximum Gasteiger partial charge on any atom is 0.116 e. The summed E-state index contributed by atoms with van der Waals surface area (Å²) >= 11 is 1.72. The van der Waals surface area contributed by atoms with E-state index in [0.29, 0.717) is 0 Å². The van der Waals surface area contributed by atoms with Gasteiger partial charge in [0.25, 0.3) is 0 Å². The van der Waals surface area contributed by atoms with Crippen LogP contribution in [0.4, 0.5) is 0 Å². The molecule has 3 aromatic heterocycles. The Labute approximate surface area is 174 Å². The number of nitrogens with zero attached hydrogens (tertiary/aromatic N) is 3. The van der Waals surface area contributed by atoms with Gasteiger partial charge in [-0.1, -0.05) is 45.0 Å². The Morgan fingerprint density at radius 3 is 2.41 bits per heavy atom. The topological polar surface area (TPSA) is 38.7 Å². The van der Waals surface area contributed by atoms with Gasteiger partial charge in [0, 0.05) is 21.8 Å². The van der Waals surface area contributed by atoms with Crippen LogP contribution in [0.25, 0.3) is 43.5 Å². The zero-order valence-corrected chi connectivity index (χ0v) is 17.5. The molecule has 2 aromatic carbocycles. The van der Waals surface area contributed by atoms with Crippen molar-refractivity contribution in [2.75, 3.05) is 0 Å². The fourth-order valence-electron chi connectivity index (χ4n) is 3.73. The van der Waals surface area contributed by atoms with Crippen LogP contribution in [0.2, 0.25) is 0 Å². The third-order valence-corrected chi connectivity index (χ3v) is 6.11. The SMILES string of the molecule is CC(C)(C)c1cc(-c2cc(-c3cc4sccc4cn3)ncn2)cc2ccccc12. The maximum atomic E-state index is 4.61. The van der Waals surface area contributed by atoms with Gasteiger partial charge in [0.15, 0.2) is 0 Å². The van der Waals surface area contributed by atoms with Crippen LogP contribution in [0.15, 0.2) is 72.5 Å². The van der Waals surface area contributed by atoms with Crippen LogP contribution in [-0.2, 0) is 5.41 Å². The van der Waals surface area contributed by atoms with Crippen LogP contribution < -0.4 is 0 Å². The first-order valence-corrected chi connectivity index (χ1v) is 10.6. The standard InChI is InChI=1S/C25H21N3S/c1-25(2,3)20-11-18(10-16-6-4-5-7-19(16)20)21-12-22(28-15-27-21)23-13-24-17(14-26-23)8-9-29-24/h4-15H,1-3H3. The van der Waals surface area contributed by atoms with Crippen molar-refractivity contribution in [1.29, 1.82) is 0 Å². The minimum Gasteiger partial charge on any atom is -0.254 e. The van der Waals surface area contributed by atoms with E-state index in [1.807, 2.05) is 12.3 Å². The van der Waals surface area contributed by atoms with Gasteiger partial charge in [0.2, 0.25) is 0 Å². The highest BCUT2D eigenvalue weighted by molar-refractivity contribution is 7.17. The zero-order valence-electron chi connectivity index (χ0n) is 16.7. The zero-order chi connectivity index (χ0) is 20.0. The summed E-state index contributed by atoms with van der Waals surface area (Å²) in [7, 11) is 0. The average molecular weight is 396 g/mol. The lowest BCUT2D eigenvalue weighted by atomic mass is 9.82. The first-order chi connectivity index (χ1) is 14.0. The first-order valence-electron chi connectivity index (χ1n) is 9.68. The summed E-state index contributed by atoms with van der Waals surface area (Å²) in [6.07, 6.45) is 3.55. The van der Waals surface area contributed by atoms with Crippen molar-refractivity contribution >= 4 is 32.2 Å². The van der Waals surface area contributed by atoms with Crippen molar-refractivity contribution in [1.82, 2.24) is 15.0 Å². The lowest BCUT2D eigenvalue weighted by molar-refractivity contribution is 0.596. The van der Waals surface area contributed by atoms with E-state index < -0.39 is 0 Å². The molecule has 5 aromatic rings. The molecule has 3 heterocycles. The molecule has 0 fully saturated rings. The van der Waals surface area contributed by atoms with Crippen molar-refractivity contribution < 1.29 is 0 Å². The molecule has 4 heteroatoms. The van der Waals surface area contributed by atoms with E-state index in [1.54, 1.807) is 17.7 Å². The quantitative estimate of drug-likeness (QED) is 0.327. The second-order valence-electron chi connectivity index (χ2n) is 8.31. The highest BCUT2D eigenvalue weighted by Crippen LogP contribution is 2.35. The smallest absolute Gasteiger partial charge is 0.116 e. The number of fused-ring (bicyclic) bond motifs is 2. The first kappa shape index (κ1) is 18.0. The van der Waals surface area contributed by atoms with Crippen molar-refractivity contribution in [3.8, 4) is 22.6 Å². The van der Waals surface area contributed by atoms with Gasteiger partial charge in [-0.15, -0.1) is 11.3 Å². The van der Waals surface area contributed by atoms with E-state index in [2.05, 4.69) is 89.6 Å². The van der Waals surface area contributed by atoms with Crippen LogP contribution in [-0.4, -0.2) is 15.0 Å². The molecule has 29 heavy (non-hydrogen) atoms. The van der Waals surface area contributed by atoms with Gasteiger partial charge in [-0.2, -0.15) is 0 Å². The molecule has 0 aliphatic carbocycles. The maximum absolute atomic E-state index is 4.61. The van der Waals surface area contributed by atoms with Crippen LogP contribution in [0.5, 0.6) is 0 Å². The number of hydrogen-bond donors (Lipinski definition) is 0. The number of benzene rings is 2. The Balaban J connectivity index is 1.66. The second-order valence-corrected chi connectivity index (χ2v) is 9.26. The molecular formula is C25H21N3S.